The summed E-state index contributed by atoms with van der Waals surface area (Å²) in [4.78, 5) is 4.26. The van der Waals surface area contributed by atoms with Gasteiger partial charge in [0.15, 0.2) is 0 Å². The Labute approximate surface area is 157 Å². The highest BCUT2D eigenvalue weighted by molar-refractivity contribution is 9.10. The smallest absolute Gasteiger partial charge is 0.133 e. The number of aryl methyl sites for hydroxylation is 1. The number of halogens is 1. The first-order valence-electron chi connectivity index (χ1n) is 8.41. The molecular formula is C21H21BrN2O. The van der Waals surface area contributed by atoms with Crippen LogP contribution in [0.3, 0.4) is 0 Å². The summed E-state index contributed by atoms with van der Waals surface area (Å²) in [5, 5.41) is 3.31. The van der Waals surface area contributed by atoms with Crippen molar-refractivity contribution in [3.63, 3.8) is 0 Å². The molecular weight excluding hydrogens is 376 g/mol. The monoisotopic (exact) mass is 396 g/mol. The number of pyridine rings is 1. The molecule has 3 nitrogen and oxygen atoms in total. The quantitative estimate of drug-likeness (QED) is 0.512. The predicted molar refractivity (Wildman–Crippen MR) is 106 cm³/mol. The lowest BCUT2D eigenvalue weighted by Crippen LogP contribution is -2.02. The molecule has 1 aromatic heterocycles. The molecule has 128 valence electrons. The third-order valence-corrected chi connectivity index (χ3v) is 4.46. The van der Waals surface area contributed by atoms with E-state index in [1.807, 2.05) is 30.3 Å². The SMILES string of the molecule is Brc1cc(CNc2ccccn2)ccc1OCCCc1ccccc1. The molecule has 0 aliphatic heterocycles. The molecule has 0 saturated heterocycles. The number of anilines is 1. The summed E-state index contributed by atoms with van der Waals surface area (Å²) in [6.07, 6.45) is 3.81. The zero-order chi connectivity index (χ0) is 17.3. The van der Waals surface area contributed by atoms with Crippen molar-refractivity contribution in [2.45, 2.75) is 19.4 Å². The fourth-order valence-electron chi connectivity index (χ4n) is 2.53. The van der Waals surface area contributed by atoms with Crippen LogP contribution in [0, 0.1) is 0 Å². The van der Waals surface area contributed by atoms with Crippen molar-refractivity contribution in [3.05, 3.63) is 88.5 Å². The van der Waals surface area contributed by atoms with Crippen LogP contribution in [0.4, 0.5) is 5.82 Å². The van der Waals surface area contributed by atoms with Gasteiger partial charge in [-0.15, -0.1) is 0 Å². The van der Waals surface area contributed by atoms with Crippen molar-refractivity contribution in [1.82, 2.24) is 4.98 Å². The maximum atomic E-state index is 5.90. The van der Waals surface area contributed by atoms with Gasteiger partial charge in [-0.2, -0.15) is 0 Å². The Hall–Kier alpha value is -2.33. The molecule has 2 aromatic carbocycles. The van der Waals surface area contributed by atoms with E-state index in [1.54, 1.807) is 6.20 Å². The van der Waals surface area contributed by atoms with Crippen LogP contribution in [-0.4, -0.2) is 11.6 Å². The minimum atomic E-state index is 0.707. The summed E-state index contributed by atoms with van der Waals surface area (Å²) >= 11 is 3.60. The zero-order valence-corrected chi connectivity index (χ0v) is 15.6. The summed E-state index contributed by atoms with van der Waals surface area (Å²) in [6.45, 7) is 1.43. The molecule has 0 amide bonds. The number of nitrogens with zero attached hydrogens (tertiary/aromatic N) is 1. The van der Waals surface area contributed by atoms with Crippen LogP contribution in [0.2, 0.25) is 0 Å². The first-order chi connectivity index (χ1) is 12.3. The van der Waals surface area contributed by atoms with E-state index in [2.05, 4.69) is 62.6 Å². The van der Waals surface area contributed by atoms with Crippen molar-refractivity contribution in [2.75, 3.05) is 11.9 Å². The maximum absolute atomic E-state index is 5.90. The largest absolute Gasteiger partial charge is 0.492 e. The Kier molecular flexibility index (Phi) is 6.46. The molecule has 0 unspecified atom stereocenters. The second-order valence-corrected chi connectivity index (χ2v) is 6.63. The molecule has 1 heterocycles. The van der Waals surface area contributed by atoms with Gasteiger partial charge in [-0.1, -0.05) is 42.5 Å². The summed E-state index contributed by atoms with van der Waals surface area (Å²) in [7, 11) is 0. The molecule has 0 radical (unpaired) electrons. The van der Waals surface area contributed by atoms with Gasteiger partial charge in [0.25, 0.3) is 0 Å². The van der Waals surface area contributed by atoms with Crippen molar-refractivity contribution < 1.29 is 4.74 Å². The van der Waals surface area contributed by atoms with E-state index in [1.165, 1.54) is 11.1 Å². The number of nitrogens with one attached hydrogen (secondary N) is 1. The first kappa shape index (κ1) is 17.5. The van der Waals surface area contributed by atoms with E-state index in [4.69, 9.17) is 4.74 Å². The Balaban J connectivity index is 1.46. The second-order valence-electron chi connectivity index (χ2n) is 5.77. The van der Waals surface area contributed by atoms with Crippen LogP contribution in [0.15, 0.2) is 77.4 Å². The highest BCUT2D eigenvalue weighted by atomic mass is 79.9. The fraction of sp³-hybridized carbons (Fsp3) is 0.190. The van der Waals surface area contributed by atoms with Crippen LogP contribution < -0.4 is 10.1 Å². The number of ether oxygens (including phenoxy) is 1. The molecule has 0 fully saturated rings. The average Bonchev–Trinajstić information content (AvgIpc) is 2.66. The fourth-order valence-corrected chi connectivity index (χ4v) is 3.08. The van der Waals surface area contributed by atoms with E-state index in [-0.39, 0.29) is 0 Å². The van der Waals surface area contributed by atoms with E-state index in [0.717, 1.165) is 35.4 Å². The van der Waals surface area contributed by atoms with Gasteiger partial charge in [0, 0.05) is 12.7 Å². The second kappa shape index (κ2) is 9.23. The van der Waals surface area contributed by atoms with Gasteiger partial charge < -0.3 is 10.1 Å². The molecule has 3 rings (SSSR count). The number of hydrogen-bond donors (Lipinski definition) is 1. The Morgan fingerprint density at radius 3 is 2.52 bits per heavy atom. The van der Waals surface area contributed by atoms with Crippen molar-refractivity contribution in [2.24, 2.45) is 0 Å². The summed E-state index contributed by atoms with van der Waals surface area (Å²) in [6, 6.07) is 22.5. The molecule has 25 heavy (non-hydrogen) atoms. The molecule has 0 bridgehead atoms. The van der Waals surface area contributed by atoms with Gasteiger partial charge in [0.1, 0.15) is 11.6 Å². The third kappa shape index (κ3) is 5.61. The molecule has 0 atom stereocenters. The molecule has 0 aliphatic rings. The number of aromatic nitrogens is 1. The minimum absolute atomic E-state index is 0.707. The van der Waals surface area contributed by atoms with Crippen LogP contribution in [-0.2, 0) is 13.0 Å². The molecule has 0 spiro atoms. The highest BCUT2D eigenvalue weighted by Gasteiger charge is 2.03. The van der Waals surface area contributed by atoms with Crippen molar-refractivity contribution in [3.8, 4) is 5.75 Å². The van der Waals surface area contributed by atoms with Gasteiger partial charge in [-0.3, -0.25) is 0 Å². The van der Waals surface area contributed by atoms with Crippen LogP contribution in [0.1, 0.15) is 17.5 Å². The topological polar surface area (TPSA) is 34.2 Å². The van der Waals surface area contributed by atoms with Gasteiger partial charge in [0.2, 0.25) is 0 Å². The summed E-state index contributed by atoms with van der Waals surface area (Å²) in [5.41, 5.74) is 2.52. The average molecular weight is 397 g/mol. The lowest BCUT2D eigenvalue weighted by molar-refractivity contribution is 0.309. The third-order valence-electron chi connectivity index (χ3n) is 3.84. The number of rotatable bonds is 8. The van der Waals surface area contributed by atoms with Crippen molar-refractivity contribution >= 4 is 21.7 Å². The lowest BCUT2D eigenvalue weighted by atomic mass is 10.1. The summed E-state index contributed by atoms with van der Waals surface area (Å²) in [5.74, 6) is 1.76. The van der Waals surface area contributed by atoms with Gasteiger partial charge >= 0.3 is 0 Å². The van der Waals surface area contributed by atoms with E-state index in [9.17, 15) is 0 Å². The van der Waals surface area contributed by atoms with Gasteiger partial charge in [-0.05, 0) is 64.2 Å². The standard InChI is InChI=1S/C21H21BrN2O/c22-19-15-18(16-24-21-10-4-5-13-23-21)11-12-20(19)25-14-6-9-17-7-2-1-3-8-17/h1-5,7-8,10-13,15H,6,9,14,16H2,(H,23,24). The van der Waals surface area contributed by atoms with Crippen LogP contribution in [0.25, 0.3) is 0 Å². The molecule has 3 aromatic rings. The summed E-state index contributed by atoms with van der Waals surface area (Å²) < 4.78 is 6.88. The molecule has 0 aliphatic carbocycles. The van der Waals surface area contributed by atoms with E-state index >= 15 is 0 Å². The molecule has 0 saturated carbocycles. The molecule has 4 heteroatoms. The van der Waals surface area contributed by atoms with Crippen LogP contribution in [0.5, 0.6) is 5.75 Å². The van der Waals surface area contributed by atoms with Gasteiger partial charge in [-0.25, -0.2) is 4.98 Å². The predicted octanol–water partition coefficient (Wildman–Crippen LogP) is 5.47. The first-order valence-corrected chi connectivity index (χ1v) is 9.20. The van der Waals surface area contributed by atoms with E-state index in [0.29, 0.717) is 6.61 Å². The number of benzene rings is 2. The number of hydrogen-bond acceptors (Lipinski definition) is 3. The van der Waals surface area contributed by atoms with E-state index < -0.39 is 0 Å². The van der Waals surface area contributed by atoms with Gasteiger partial charge in [0.05, 0.1) is 11.1 Å². The Bertz CT molecular complexity index is 778. The lowest BCUT2D eigenvalue weighted by Gasteiger charge is -2.11. The molecule has 1 N–H and O–H groups in total. The van der Waals surface area contributed by atoms with Crippen molar-refractivity contribution in [1.29, 1.82) is 0 Å². The maximum Gasteiger partial charge on any atom is 0.133 e. The minimum Gasteiger partial charge on any atom is -0.492 e. The Morgan fingerprint density at radius 2 is 1.76 bits per heavy atom. The van der Waals surface area contributed by atoms with Crippen LogP contribution >= 0.6 is 15.9 Å². The Morgan fingerprint density at radius 1 is 0.920 bits per heavy atom. The highest BCUT2D eigenvalue weighted by Crippen LogP contribution is 2.26. The zero-order valence-electron chi connectivity index (χ0n) is 14.0. The normalized spacial score (nSPS) is 10.4.